The summed E-state index contributed by atoms with van der Waals surface area (Å²) in [6.45, 7) is 7.01. The molecular weight excluding hydrogens is 483 g/mol. The lowest BCUT2D eigenvalue weighted by atomic mass is 9.71. The minimum Gasteiger partial charge on any atom is -0.496 e. The number of halogens is 1. The number of alkyl halides is 1. The Kier molecular flexibility index (Phi) is 5.74. The van der Waals surface area contributed by atoms with Gasteiger partial charge < -0.3 is 20.7 Å². The third-order valence-corrected chi connectivity index (χ3v) is 9.37. The van der Waals surface area contributed by atoms with Gasteiger partial charge in [0, 0.05) is 50.2 Å². The van der Waals surface area contributed by atoms with Crippen molar-refractivity contribution >= 4 is 22.8 Å². The van der Waals surface area contributed by atoms with Crippen molar-refractivity contribution in [3.63, 3.8) is 0 Å². The molecule has 4 aliphatic rings. The highest BCUT2D eigenvalue weighted by Gasteiger charge is 2.62. The number of hydrogen-bond acceptors (Lipinski definition) is 8. The number of benzene rings is 1. The van der Waals surface area contributed by atoms with Crippen LogP contribution in [0.3, 0.4) is 0 Å². The first-order valence-electron chi connectivity index (χ1n) is 13.8. The molecule has 3 N–H and O–H groups in total. The lowest BCUT2D eigenvalue weighted by Crippen LogP contribution is -2.32. The van der Waals surface area contributed by atoms with Crippen LogP contribution >= 0.6 is 0 Å². The normalized spacial score (nSPS) is 30.6. The second-order valence-corrected chi connectivity index (χ2v) is 12.2. The molecule has 3 atom stereocenters. The molecule has 10 heteroatoms. The molecule has 1 unspecified atom stereocenters. The molecule has 9 nitrogen and oxygen atoms in total. The summed E-state index contributed by atoms with van der Waals surface area (Å²) in [6, 6.07) is 6.52. The quantitative estimate of drug-likeness (QED) is 0.468. The van der Waals surface area contributed by atoms with Crippen molar-refractivity contribution in [2.75, 3.05) is 57.9 Å². The summed E-state index contributed by atoms with van der Waals surface area (Å²) in [6.07, 6.45) is 3.77. The molecule has 1 spiro atoms. The minimum atomic E-state index is -0.597. The highest BCUT2D eigenvalue weighted by Crippen LogP contribution is 2.64. The molecule has 2 aliphatic carbocycles. The predicted octanol–water partition coefficient (Wildman–Crippen LogP) is 3.01. The SMILES string of the molecule is COc1cc(CN2C[C@H]3CN(C)C[C@H]3C2)ccc1Cn1ncc2nc(N)nc(NCC3CC4(C3)CC4F)c21. The molecule has 0 radical (unpaired) electrons. The van der Waals surface area contributed by atoms with Gasteiger partial charge in [-0.1, -0.05) is 12.1 Å². The summed E-state index contributed by atoms with van der Waals surface area (Å²) >= 11 is 0. The van der Waals surface area contributed by atoms with E-state index in [-0.39, 0.29) is 11.4 Å². The molecule has 2 saturated carbocycles. The smallest absolute Gasteiger partial charge is 0.222 e. The van der Waals surface area contributed by atoms with Crippen LogP contribution in [0.25, 0.3) is 11.0 Å². The number of likely N-dealkylation sites (tertiary alicyclic amines) is 2. The largest absolute Gasteiger partial charge is 0.496 e. The fourth-order valence-electron chi connectivity index (χ4n) is 7.35. The second kappa shape index (κ2) is 9.05. The minimum absolute atomic E-state index is 0.0126. The number of hydrogen-bond donors (Lipinski definition) is 2. The Morgan fingerprint density at radius 2 is 1.87 bits per heavy atom. The molecule has 2 aromatic heterocycles. The van der Waals surface area contributed by atoms with Gasteiger partial charge in [-0.05, 0) is 55.7 Å². The van der Waals surface area contributed by atoms with E-state index in [1.54, 1.807) is 13.3 Å². The van der Waals surface area contributed by atoms with Crippen molar-refractivity contribution < 1.29 is 9.13 Å². The van der Waals surface area contributed by atoms with E-state index >= 15 is 0 Å². The van der Waals surface area contributed by atoms with Gasteiger partial charge in [-0.2, -0.15) is 10.1 Å². The van der Waals surface area contributed by atoms with E-state index < -0.39 is 6.17 Å². The average Bonchev–Trinajstić information content (AvgIpc) is 3.12. The Balaban J connectivity index is 1.06. The Bertz CT molecular complexity index is 1340. The molecule has 202 valence electrons. The maximum Gasteiger partial charge on any atom is 0.222 e. The predicted molar refractivity (Wildman–Crippen MR) is 145 cm³/mol. The summed E-state index contributed by atoms with van der Waals surface area (Å²) in [5.74, 6) is 3.82. The number of nitrogens with one attached hydrogen (secondary N) is 1. The third kappa shape index (κ3) is 4.27. The molecule has 38 heavy (non-hydrogen) atoms. The van der Waals surface area contributed by atoms with Gasteiger partial charge in [-0.3, -0.25) is 9.58 Å². The molecule has 3 aromatic rings. The van der Waals surface area contributed by atoms with E-state index in [0.717, 1.165) is 61.0 Å². The topological polar surface area (TPSA) is 97.4 Å². The maximum atomic E-state index is 13.6. The summed E-state index contributed by atoms with van der Waals surface area (Å²) < 4.78 is 21.3. The first-order valence-corrected chi connectivity index (χ1v) is 13.8. The van der Waals surface area contributed by atoms with E-state index in [2.05, 4.69) is 55.4 Å². The highest BCUT2D eigenvalue weighted by molar-refractivity contribution is 5.86. The first-order chi connectivity index (χ1) is 18.4. The van der Waals surface area contributed by atoms with Crippen LogP contribution in [-0.4, -0.2) is 82.6 Å². The Morgan fingerprint density at radius 1 is 1.11 bits per heavy atom. The van der Waals surface area contributed by atoms with E-state index in [9.17, 15) is 4.39 Å². The van der Waals surface area contributed by atoms with E-state index in [4.69, 9.17) is 10.5 Å². The van der Waals surface area contributed by atoms with Crippen LogP contribution < -0.4 is 15.8 Å². The zero-order chi connectivity index (χ0) is 26.0. The van der Waals surface area contributed by atoms with Crippen LogP contribution in [0.2, 0.25) is 0 Å². The summed E-state index contributed by atoms with van der Waals surface area (Å²) in [4.78, 5) is 13.9. The van der Waals surface area contributed by atoms with Gasteiger partial charge in [0.05, 0.1) is 19.9 Å². The van der Waals surface area contributed by atoms with Gasteiger partial charge >= 0.3 is 0 Å². The number of methoxy groups -OCH3 is 1. The van der Waals surface area contributed by atoms with Gasteiger partial charge in [0.2, 0.25) is 5.95 Å². The van der Waals surface area contributed by atoms with Gasteiger partial charge in [0.15, 0.2) is 5.82 Å². The standard InChI is InChI=1S/C28H37FN8O/c1-35-12-20-14-36(15-21(20)13-35)11-17-3-4-19(23(5-17)38-2)16-37-25-22(10-32-37)33-27(30)34-26(25)31-9-18-6-28(7-18)8-24(28)29/h3-5,10,18,20-21,24H,6-9,11-16H2,1-2H3,(H3,30,31,33,34)/t18?,20-,21+,24?,28?. The molecule has 7 rings (SSSR count). The number of nitrogens with zero attached hydrogens (tertiary/aromatic N) is 6. The molecule has 4 fully saturated rings. The van der Waals surface area contributed by atoms with Gasteiger partial charge in [-0.15, -0.1) is 0 Å². The molecular formula is C28H37FN8O. The van der Waals surface area contributed by atoms with Crippen LogP contribution in [0.5, 0.6) is 5.75 Å². The van der Waals surface area contributed by atoms with Crippen molar-refractivity contribution in [1.82, 2.24) is 29.5 Å². The number of nitrogen functional groups attached to an aromatic ring is 1. The molecule has 2 saturated heterocycles. The fraction of sp³-hybridized carbons (Fsp3) is 0.607. The van der Waals surface area contributed by atoms with Gasteiger partial charge in [0.1, 0.15) is 23.0 Å². The molecule has 0 amide bonds. The Morgan fingerprint density at radius 3 is 2.58 bits per heavy atom. The third-order valence-electron chi connectivity index (χ3n) is 9.37. The first kappa shape index (κ1) is 24.1. The fourth-order valence-corrected chi connectivity index (χ4v) is 7.35. The van der Waals surface area contributed by atoms with Crippen LogP contribution in [0.4, 0.5) is 16.2 Å². The molecule has 0 bridgehead atoms. The lowest BCUT2D eigenvalue weighted by molar-refractivity contribution is 0.144. The lowest BCUT2D eigenvalue weighted by Gasteiger charge is -2.35. The number of aromatic nitrogens is 4. The maximum absolute atomic E-state index is 13.6. The molecule has 2 aliphatic heterocycles. The number of anilines is 2. The summed E-state index contributed by atoms with van der Waals surface area (Å²) in [5.41, 5.74) is 9.84. The molecule has 4 heterocycles. The number of ether oxygens (including phenoxy) is 1. The van der Waals surface area contributed by atoms with Crippen LogP contribution in [0.15, 0.2) is 24.4 Å². The van der Waals surface area contributed by atoms with Crippen LogP contribution in [-0.2, 0) is 13.1 Å². The van der Waals surface area contributed by atoms with Crippen molar-refractivity contribution in [2.45, 2.75) is 38.5 Å². The average molecular weight is 521 g/mol. The second-order valence-electron chi connectivity index (χ2n) is 12.2. The van der Waals surface area contributed by atoms with Crippen molar-refractivity contribution in [3.05, 3.63) is 35.5 Å². The van der Waals surface area contributed by atoms with Crippen LogP contribution in [0, 0.1) is 23.2 Å². The monoisotopic (exact) mass is 520 g/mol. The van der Waals surface area contributed by atoms with E-state index in [1.165, 1.54) is 31.7 Å². The zero-order valence-corrected chi connectivity index (χ0v) is 22.2. The molecule has 1 aromatic carbocycles. The van der Waals surface area contributed by atoms with Crippen LogP contribution in [0.1, 0.15) is 30.4 Å². The van der Waals surface area contributed by atoms with Gasteiger partial charge in [0.25, 0.3) is 0 Å². The number of rotatable bonds is 8. The van der Waals surface area contributed by atoms with Crippen molar-refractivity contribution in [2.24, 2.45) is 23.2 Å². The van der Waals surface area contributed by atoms with E-state index in [1.807, 2.05) is 4.68 Å². The van der Waals surface area contributed by atoms with Gasteiger partial charge in [-0.25, -0.2) is 9.37 Å². The summed E-state index contributed by atoms with van der Waals surface area (Å²) in [5, 5.41) is 8.08. The highest BCUT2D eigenvalue weighted by atomic mass is 19.1. The zero-order valence-electron chi connectivity index (χ0n) is 22.2. The summed E-state index contributed by atoms with van der Waals surface area (Å²) in [7, 11) is 3.96. The van der Waals surface area contributed by atoms with E-state index in [0.29, 0.717) is 23.8 Å². The Hall–Kier alpha value is -2.98. The number of fused-ring (bicyclic) bond motifs is 2. The Labute approximate surface area is 222 Å². The number of nitrogens with two attached hydrogens (primary N) is 1. The van der Waals surface area contributed by atoms with Crippen molar-refractivity contribution in [3.8, 4) is 5.75 Å². The van der Waals surface area contributed by atoms with Crippen molar-refractivity contribution in [1.29, 1.82) is 0 Å².